The van der Waals surface area contributed by atoms with Crippen molar-refractivity contribution in [1.82, 2.24) is 10.3 Å². The monoisotopic (exact) mass is 337 g/mol. The minimum absolute atomic E-state index is 0.197. The Bertz CT molecular complexity index is 565. The lowest BCUT2D eigenvalue weighted by atomic mass is 9.98. The molecule has 0 amide bonds. The van der Waals surface area contributed by atoms with Crippen LogP contribution in [0.4, 0.5) is 10.2 Å². The summed E-state index contributed by atoms with van der Waals surface area (Å²) in [6.07, 6.45) is 1.72. The van der Waals surface area contributed by atoms with Gasteiger partial charge in [0.2, 0.25) is 0 Å². The van der Waals surface area contributed by atoms with Crippen molar-refractivity contribution >= 4 is 21.7 Å². The molecule has 0 aliphatic carbocycles. The van der Waals surface area contributed by atoms with Crippen LogP contribution in [-0.4, -0.2) is 11.5 Å². The van der Waals surface area contributed by atoms with Crippen LogP contribution in [0.25, 0.3) is 0 Å². The van der Waals surface area contributed by atoms with Gasteiger partial charge in [-0.25, -0.2) is 9.37 Å². The van der Waals surface area contributed by atoms with E-state index in [1.54, 1.807) is 12.3 Å². The molecular formula is C15H17BrFN3. The highest BCUT2D eigenvalue weighted by atomic mass is 79.9. The first-order valence-corrected chi connectivity index (χ1v) is 7.22. The van der Waals surface area contributed by atoms with Crippen molar-refractivity contribution < 1.29 is 4.39 Å². The number of halogens is 2. The number of hydrogen-bond donors (Lipinski definition) is 2. The van der Waals surface area contributed by atoms with E-state index in [1.165, 1.54) is 12.1 Å². The molecule has 1 unspecified atom stereocenters. The summed E-state index contributed by atoms with van der Waals surface area (Å²) in [7, 11) is 0. The number of nitrogens with zero attached hydrogens (tertiary/aromatic N) is 1. The van der Waals surface area contributed by atoms with Crippen LogP contribution in [0.15, 0.2) is 34.9 Å². The van der Waals surface area contributed by atoms with Crippen LogP contribution in [0, 0.1) is 12.7 Å². The van der Waals surface area contributed by atoms with Crippen molar-refractivity contribution in [3.63, 3.8) is 0 Å². The molecule has 0 bridgehead atoms. The van der Waals surface area contributed by atoms with Gasteiger partial charge in [-0.1, -0.05) is 22.9 Å². The van der Waals surface area contributed by atoms with Crippen LogP contribution in [0.5, 0.6) is 0 Å². The number of nitrogens with two attached hydrogens (primary N) is 1. The molecular weight excluding hydrogens is 321 g/mol. The Morgan fingerprint density at radius 1 is 1.35 bits per heavy atom. The Morgan fingerprint density at radius 2 is 2.10 bits per heavy atom. The van der Waals surface area contributed by atoms with Gasteiger partial charge in [-0.15, -0.1) is 0 Å². The third kappa shape index (κ3) is 3.16. The smallest absolute Gasteiger partial charge is 0.128 e. The SMILES string of the molecule is CCNC(c1cc(F)ccc1Br)c1cc(C)cnc1N. The molecule has 3 nitrogen and oxygen atoms in total. The van der Waals surface area contributed by atoms with Crippen LogP contribution in [0.3, 0.4) is 0 Å². The number of nitrogens with one attached hydrogen (secondary N) is 1. The zero-order valence-corrected chi connectivity index (χ0v) is 13.0. The lowest BCUT2D eigenvalue weighted by Gasteiger charge is -2.21. The number of rotatable bonds is 4. The van der Waals surface area contributed by atoms with Gasteiger partial charge in [0.15, 0.2) is 0 Å². The van der Waals surface area contributed by atoms with E-state index >= 15 is 0 Å². The highest BCUT2D eigenvalue weighted by Crippen LogP contribution is 2.31. The van der Waals surface area contributed by atoms with Crippen molar-refractivity contribution in [1.29, 1.82) is 0 Å². The van der Waals surface area contributed by atoms with Crippen LogP contribution in [-0.2, 0) is 0 Å². The third-order valence-corrected chi connectivity index (χ3v) is 3.80. The molecule has 5 heteroatoms. The number of benzene rings is 1. The normalized spacial score (nSPS) is 12.4. The molecule has 0 aliphatic rings. The van der Waals surface area contributed by atoms with Gasteiger partial charge in [-0.05, 0) is 48.9 Å². The van der Waals surface area contributed by atoms with Gasteiger partial charge in [0, 0.05) is 16.2 Å². The minimum atomic E-state index is -0.273. The maximum Gasteiger partial charge on any atom is 0.128 e. The quantitative estimate of drug-likeness (QED) is 0.896. The molecule has 1 atom stereocenters. The molecule has 0 saturated heterocycles. The fourth-order valence-electron chi connectivity index (χ4n) is 2.16. The first-order valence-electron chi connectivity index (χ1n) is 6.43. The molecule has 106 valence electrons. The summed E-state index contributed by atoms with van der Waals surface area (Å²) >= 11 is 3.47. The van der Waals surface area contributed by atoms with E-state index < -0.39 is 0 Å². The number of pyridine rings is 1. The Labute approximate surface area is 126 Å². The summed E-state index contributed by atoms with van der Waals surface area (Å²) < 4.78 is 14.4. The number of nitrogen functional groups attached to an aromatic ring is 1. The van der Waals surface area contributed by atoms with Gasteiger partial charge in [0.25, 0.3) is 0 Å². The van der Waals surface area contributed by atoms with E-state index in [0.717, 1.165) is 27.7 Å². The zero-order valence-electron chi connectivity index (χ0n) is 11.5. The summed E-state index contributed by atoms with van der Waals surface area (Å²) in [6, 6.07) is 6.42. The van der Waals surface area contributed by atoms with Gasteiger partial charge < -0.3 is 11.1 Å². The standard InChI is InChI=1S/C15H17BrFN3/c1-3-19-14(11-7-10(17)4-5-13(11)16)12-6-9(2)8-20-15(12)18/h4-8,14,19H,3H2,1-2H3,(H2,18,20). The third-order valence-electron chi connectivity index (χ3n) is 3.07. The lowest BCUT2D eigenvalue weighted by Crippen LogP contribution is -2.24. The highest BCUT2D eigenvalue weighted by Gasteiger charge is 2.19. The average molecular weight is 338 g/mol. The molecule has 0 fully saturated rings. The van der Waals surface area contributed by atoms with Gasteiger partial charge in [-0.3, -0.25) is 0 Å². The van der Waals surface area contributed by atoms with Crippen molar-refractivity contribution in [2.75, 3.05) is 12.3 Å². The molecule has 1 aromatic heterocycles. The molecule has 2 aromatic rings. The molecule has 1 aromatic carbocycles. The van der Waals surface area contributed by atoms with Crippen LogP contribution in [0.1, 0.15) is 29.7 Å². The number of aryl methyl sites for hydroxylation is 1. The summed E-state index contributed by atoms with van der Waals surface area (Å²) in [4.78, 5) is 4.19. The number of hydrogen-bond acceptors (Lipinski definition) is 3. The Kier molecular flexibility index (Phi) is 4.73. The lowest BCUT2D eigenvalue weighted by molar-refractivity contribution is 0.601. The summed E-state index contributed by atoms with van der Waals surface area (Å²) in [5.41, 5.74) is 8.67. The van der Waals surface area contributed by atoms with Crippen molar-refractivity contribution in [2.24, 2.45) is 0 Å². The van der Waals surface area contributed by atoms with E-state index in [9.17, 15) is 4.39 Å². The second-order valence-electron chi connectivity index (χ2n) is 4.64. The van der Waals surface area contributed by atoms with Gasteiger partial charge in [0.1, 0.15) is 11.6 Å². The number of anilines is 1. The molecule has 3 N–H and O–H groups in total. The molecule has 20 heavy (non-hydrogen) atoms. The fraction of sp³-hybridized carbons (Fsp3) is 0.267. The second-order valence-corrected chi connectivity index (χ2v) is 5.50. The van der Waals surface area contributed by atoms with E-state index in [4.69, 9.17) is 5.73 Å². The molecule has 0 saturated carbocycles. The summed E-state index contributed by atoms with van der Waals surface area (Å²) in [5.74, 6) is 0.183. The first-order chi connectivity index (χ1) is 9.52. The maximum atomic E-state index is 13.5. The van der Waals surface area contributed by atoms with Crippen molar-refractivity contribution in [3.05, 3.63) is 57.4 Å². The van der Waals surface area contributed by atoms with E-state index in [-0.39, 0.29) is 11.9 Å². The maximum absolute atomic E-state index is 13.5. The molecule has 0 spiro atoms. The highest BCUT2D eigenvalue weighted by molar-refractivity contribution is 9.10. The topological polar surface area (TPSA) is 50.9 Å². The zero-order chi connectivity index (χ0) is 14.7. The average Bonchev–Trinajstić information content (AvgIpc) is 2.42. The van der Waals surface area contributed by atoms with Crippen LogP contribution >= 0.6 is 15.9 Å². The van der Waals surface area contributed by atoms with Crippen molar-refractivity contribution in [3.8, 4) is 0 Å². The predicted molar refractivity (Wildman–Crippen MR) is 83.0 cm³/mol. The van der Waals surface area contributed by atoms with E-state index in [0.29, 0.717) is 5.82 Å². The van der Waals surface area contributed by atoms with Gasteiger partial charge in [-0.2, -0.15) is 0 Å². The van der Waals surface area contributed by atoms with Crippen LogP contribution < -0.4 is 11.1 Å². The van der Waals surface area contributed by atoms with Crippen molar-refractivity contribution in [2.45, 2.75) is 19.9 Å². The first kappa shape index (κ1) is 14.9. The van der Waals surface area contributed by atoms with E-state index in [2.05, 4.69) is 26.2 Å². The molecule has 1 heterocycles. The summed E-state index contributed by atoms with van der Waals surface area (Å²) in [6.45, 7) is 4.69. The largest absolute Gasteiger partial charge is 0.383 e. The number of aromatic nitrogens is 1. The second kappa shape index (κ2) is 6.33. The summed E-state index contributed by atoms with van der Waals surface area (Å²) in [5, 5.41) is 3.33. The fourth-order valence-corrected chi connectivity index (χ4v) is 2.64. The van der Waals surface area contributed by atoms with Gasteiger partial charge >= 0.3 is 0 Å². The molecule has 0 radical (unpaired) electrons. The van der Waals surface area contributed by atoms with Crippen LogP contribution in [0.2, 0.25) is 0 Å². The Balaban J connectivity index is 2.55. The Morgan fingerprint density at radius 3 is 2.80 bits per heavy atom. The van der Waals surface area contributed by atoms with Gasteiger partial charge in [0.05, 0.1) is 6.04 Å². The molecule has 0 aliphatic heterocycles. The Hall–Kier alpha value is -1.46. The minimum Gasteiger partial charge on any atom is -0.383 e. The molecule has 2 rings (SSSR count). The predicted octanol–water partition coefficient (Wildman–Crippen LogP) is 3.57. The van der Waals surface area contributed by atoms with E-state index in [1.807, 2.05) is 19.9 Å².